The SMILES string of the molecule is CC1=C(C)[C@@]2(Oc3c(ccc(O)c3CCC[C@@H](C)CSI)[C@@H]2O)N(C)C1=O. The molecule has 27 heavy (non-hydrogen) atoms. The molecule has 1 aromatic rings. The number of likely N-dealkylation sites (N-methyl/N-ethyl adjacent to an activating group) is 1. The first-order chi connectivity index (χ1) is 12.8. The Labute approximate surface area is 176 Å². The number of hydrogen-bond donors (Lipinski definition) is 2. The summed E-state index contributed by atoms with van der Waals surface area (Å²) >= 11 is 2.31. The summed E-state index contributed by atoms with van der Waals surface area (Å²) in [4.78, 5) is 13.9. The Balaban J connectivity index is 1.91. The molecular formula is C20H26INO4S. The molecule has 0 radical (unpaired) electrons. The van der Waals surface area contributed by atoms with Crippen LogP contribution in [0.5, 0.6) is 11.5 Å². The highest BCUT2D eigenvalue weighted by atomic mass is 127. The molecule has 0 bridgehead atoms. The molecule has 1 spiro atoms. The second-order valence-electron chi connectivity index (χ2n) is 7.57. The standard InChI is InChI=1S/C20H26INO4S/c1-11(10-27-21)6-5-7-14-16(23)9-8-15-17(14)26-20(18(15)24)13(3)12(2)19(25)22(20)4/h8-9,11,18,23-24H,5-7,10H2,1-4H3/t11-,18+,20+/m1/s1. The smallest absolute Gasteiger partial charge is 0.252 e. The van der Waals surface area contributed by atoms with Crippen LogP contribution in [0.1, 0.15) is 50.8 Å². The summed E-state index contributed by atoms with van der Waals surface area (Å²) in [6.07, 6.45) is 1.68. The number of aliphatic hydroxyl groups excluding tert-OH is 1. The minimum atomic E-state index is -1.21. The van der Waals surface area contributed by atoms with Gasteiger partial charge in [-0.3, -0.25) is 9.69 Å². The Morgan fingerprint density at radius 2 is 2.11 bits per heavy atom. The van der Waals surface area contributed by atoms with E-state index in [0.717, 1.165) is 29.7 Å². The van der Waals surface area contributed by atoms with Gasteiger partial charge in [-0.1, -0.05) is 15.9 Å². The number of phenols is 1. The van der Waals surface area contributed by atoms with E-state index in [2.05, 4.69) is 28.1 Å². The molecule has 3 atom stereocenters. The van der Waals surface area contributed by atoms with Crippen molar-refractivity contribution in [3.05, 3.63) is 34.4 Å². The minimum absolute atomic E-state index is 0.143. The highest BCUT2D eigenvalue weighted by Gasteiger charge is 2.59. The number of fused-ring (bicyclic) bond motifs is 1. The Bertz CT molecular complexity index is 796. The van der Waals surface area contributed by atoms with E-state index in [1.807, 2.05) is 15.9 Å². The molecule has 0 aliphatic carbocycles. The van der Waals surface area contributed by atoms with Crippen molar-refractivity contribution in [1.29, 1.82) is 0 Å². The van der Waals surface area contributed by atoms with Crippen molar-refractivity contribution in [2.45, 2.75) is 51.9 Å². The first-order valence-electron chi connectivity index (χ1n) is 9.17. The molecule has 2 heterocycles. The highest BCUT2D eigenvalue weighted by molar-refractivity contribution is 14.2. The van der Waals surface area contributed by atoms with E-state index in [4.69, 9.17) is 4.74 Å². The van der Waals surface area contributed by atoms with Crippen LogP contribution in [-0.4, -0.2) is 39.5 Å². The van der Waals surface area contributed by atoms with Crippen LogP contribution in [0.2, 0.25) is 0 Å². The number of benzene rings is 1. The quantitative estimate of drug-likeness (QED) is 0.565. The van der Waals surface area contributed by atoms with Gasteiger partial charge in [-0.25, -0.2) is 0 Å². The van der Waals surface area contributed by atoms with E-state index in [0.29, 0.717) is 29.2 Å². The fourth-order valence-corrected chi connectivity index (χ4v) is 6.29. The lowest BCUT2D eigenvalue weighted by atomic mass is 9.93. The van der Waals surface area contributed by atoms with Gasteiger partial charge in [0.25, 0.3) is 5.91 Å². The van der Waals surface area contributed by atoms with Gasteiger partial charge >= 0.3 is 0 Å². The number of halogens is 1. The van der Waals surface area contributed by atoms with E-state index in [9.17, 15) is 15.0 Å². The largest absolute Gasteiger partial charge is 0.508 e. The van der Waals surface area contributed by atoms with Gasteiger partial charge in [-0.05, 0) is 72.4 Å². The predicted octanol–water partition coefficient (Wildman–Crippen LogP) is 4.36. The third-order valence-corrected chi connectivity index (χ3v) is 7.66. The van der Waals surface area contributed by atoms with Crippen molar-refractivity contribution in [3.8, 4) is 11.5 Å². The van der Waals surface area contributed by atoms with E-state index < -0.39 is 11.8 Å². The molecule has 0 saturated heterocycles. The Kier molecular flexibility index (Phi) is 6.03. The number of amides is 1. The van der Waals surface area contributed by atoms with Gasteiger partial charge in [0.05, 0.1) is 0 Å². The molecular weight excluding hydrogens is 477 g/mol. The van der Waals surface area contributed by atoms with Crippen LogP contribution < -0.4 is 4.74 Å². The zero-order valence-electron chi connectivity index (χ0n) is 16.1. The summed E-state index contributed by atoms with van der Waals surface area (Å²) in [5, 5.41) is 21.5. The third-order valence-electron chi connectivity index (χ3n) is 5.88. The molecule has 2 N–H and O–H groups in total. The molecule has 1 amide bonds. The van der Waals surface area contributed by atoms with Crippen molar-refractivity contribution < 1.29 is 19.7 Å². The minimum Gasteiger partial charge on any atom is -0.508 e. The molecule has 2 aliphatic rings. The molecule has 0 aromatic heterocycles. The summed E-state index contributed by atoms with van der Waals surface area (Å²) < 4.78 is 6.28. The number of hydrogen-bond acceptors (Lipinski definition) is 5. The van der Waals surface area contributed by atoms with Crippen LogP contribution in [0.25, 0.3) is 0 Å². The molecule has 3 rings (SSSR count). The normalized spacial score (nSPS) is 25.3. The van der Waals surface area contributed by atoms with Crippen molar-refractivity contribution in [2.24, 2.45) is 5.92 Å². The van der Waals surface area contributed by atoms with Crippen LogP contribution in [0.15, 0.2) is 23.3 Å². The zero-order chi connectivity index (χ0) is 19.9. The van der Waals surface area contributed by atoms with Crippen molar-refractivity contribution in [1.82, 2.24) is 4.90 Å². The third kappa shape index (κ3) is 3.25. The first-order valence-corrected chi connectivity index (χ1v) is 12.7. The second kappa shape index (κ2) is 7.83. The molecule has 5 nitrogen and oxygen atoms in total. The number of phenolic OH excluding ortho intramolecular Hbond substituents is 1. The fourth-order valence-electron chi connectivity index (χ4n) is 4.07. The van der Waals surface area contributed by atoms with E-state index in [1.54, 1.807) is 26.1 Å². The Morgan fingerprint density at radius 3 is 2.70 bits per heavy atom. The molecule has 1 aromatic carbocycles. The van der Waals surface area contributed by atoms with Gasteiger partial charge in [0, 0.05) is 35.1 Å². The summed E-state index contributed by atoms with van der Waals surface area (Å²) in [7, 11) is 3.47. The zero-order valence-corrected chi connectivity index (χ0v) is 19.1. The monoisotopic (exact) mass is 503 g/mol. The molecule has 7 heteroatoms. The maximum Gasteiger partial charge on any atom is 0.252 e. The van der Waals surface area contributed by atoms with Gasteiger partial charge in [0.1, 0.15) is 17.6 Å². The fraction of sp³-hybridized carbons (Fsp3) is 0.550. The van der Waals surface area contributed by atoms with Gasteiger partial charge in [0.2, 0.25) is 5.72 Å². The van der Waals surface area contributed by atoms with Crippen LogP contribution in [-0.2, 0) is 11.2 Å². The average Bonchev–Trinajstić information content (AvgIpc) is 3.02. The number of carbonyl (C=O) groups is 1. The van der Waals surface area contributed by atoms with Gasteiger partial charge < -0.3 is 14.9 Å². The molecule has 2 aliphatic heterocycles. The summed E-state index contributed by atoms with van der Waals surface area (Å²) in [5.74, 6) is 2.27. The maximum atomic E-state index is 12.5. The van der Waals surface area contributed by atoms with Crippen LogP contribution in [0.4, 0.5) is 0 Å². The summed E-state index contributed by atoms with van der Waals surface area (Å²) in [6.45, 7) is 5.81. The molecule has 0 unspecified atom stereocenters. The number of carbonyl (C=O) groups excluding carboxylic acids is 1. The molecule has 0 saturated carbocycles. The van der Waals surface area contributed by atoms with Crippen LogP contribution in [0, 0.1) is 5.92 Å². The van der Waals surface area contributed by atoms with Gasteiger partial charge in [-0.2, -0.15) is 0 Å². The van der Waals surface area contributed by atoms with Crippen LogP contribution in [0.3, 0.4) is 0 Å². The van der Waals surface area contributed by atoms with E-state index >= 15 is 0 Å². The number of aromatic hydroxyl groups is 1. The second-order valence-corrected chi connectivity index (χ2v) is 9.99. The lowest BCUT2D eigenvalue weighted by molar-refractivity contribution is -0.146. The van der Waals surface area contributed by atoms with Crippen molar-refractivity contribution in [2.75, 3.05) is 12.8 Å². The van der Waals surface area contributed by atoms with Gasteiger partial charge in [-0.15, -0.1) is 0 Å². The van der Waals surface area contributed by atoms with Crippen molar-refractivity contribution >= 4 is 36.0 Å². The molecule has 148 valence electrons. The Morgan fingerprint density at radius 1 is 1.41 bits per heavy atom. The lowest BCUT2D eigenvalue weighted by Gasteiger charge is -2.36. The summed E-state index contributed by atoms with van der Waals surface area (Å²) in [5.41, 5.74) is 1.46. The Hall–Kier alpha value is -0.930. The van der Waals surface area contributed by atoms with E-state index in [1.165, 1.54) is 4.90 Å². The van der Waals surface area contributed by atoms with Crippen molar-refractivity contribution in [3.63, 3.8) is 0 Å². The van der Waals surface area contributed by atoms with Gasteiger partial charge in [0.15, 0.2) is 0 Å². The lowest BCUT2D eigenvalue weighted by Crippen LogP contribution is -2.52. The van der Waals surface area contributed by atoms with E-state index in [-0.39, 0.29) is 11.7 Å². The number of ether oxygens (including phenoxy) is 1. The van der Waals surface area contributed by atoms with Crippen LogP contribution >= 0.6 is 30.1 Å². The number of nitrogens with zero attached hydrogens (tertiary/aromatic N) is 1. The summed E-state index contributed by atoms with van der Waals surface area (Å²) in [6, 6.07) is 3.31. The average molecular weight is 503 g/mol. The number of rotatable bonds is 6. The number of aliphatic hydroxyl groups is 1. The molecule has 0 fully saturated rings. The predicted molar refractivity (Wildman–Crippen MR) is 116 cm³/mol. The maximum absolute atomic E-state index is 12.5. The highest BCUT2D eigenvalue weighted by Crippen LogP contribution is 2.54. The topological polar surface area (TPSA) is 70.0 Å². The first kappa shape index (κ1) is 20.8.